The maximum atomic E-state index is 13.0. The minimum absolute atomic E-state index is 0.0104. The van der Waals surface area contributed by atoms with Crippen molar-refractivity contribution >= 4 is 29.4 Å². The molecule has 9 heteroatoms. The molecule has 4 rings (SSSR count). The molecular formula is C35H54N4O5. The van der Waals surface area contributed by atoms with Gasteiger partial charge in [-0.3, -0.25) is 19.7 Å². The summed E-state index contributed by atoms with van der Waals surface area (Å²) in [6.45, 7) is 7.39. The molecular weight excluding hydrogens is 556 g/mol. The fourth-order valence-corrected chi connectivity index (χ4v) is 6.26. The molecule has 2 amide bonds. The maximum Gasteiger partial charge on any atom is 0.325 e. The molecule has 0 atom stereocenters. The molecule has 1 aromatic carbocycles. The van der Waals surface area contributed by atoms with Gasteiger partial charge in [0.1, 0.15) is 12.3 Å². The SMILES string of the molecule is CCC(C)(C)COC(=O)CN1Cc2cc(OCCCC(=O)N(C)C3CCCCC3)ccc2N=C1NC(=O)CC1CCCCC1. The Morgan fingerprint density at radius 3 is 2.45 bits per heavy atom. The third-order valence-electron chi connectivity index (χ3n) is 9.61. The van der Waals surface area contributed by atoms with Gasteiger partial charge >= 0.3 is 5.97 Å². The molecule has 0 aromatic heterocycles. The lowest BCUT2D eigenvalue weighted by atomic mass is 9.87. The highest BCUT2D eigenvalue weighted by molar-refractivity contribution is 6.00. The fourth-order valence-electron chi connectivity index (χ4n) is 6.26. The molecule has 1 aliphatic heterocycles. The van der Waals surface area contributed by atoms with Crippen molar-refractivity contribution in [3.05, 3.63) is 23.8 Å². The van der Waals surface area contributed by atoms with Crippen LogP contribution in [0.15, 0.2) is 23.2 Å². The molecule has 9 nitrogen and oxygen atoms in total. The molecule has 1 heterocycles. The number of aliphatic imine (C=N–C) groups is 1. The van der Waals surface area contributed by atoms with Gasteiger partial charge in [0, 0.05) is 38.0 Å². The number of benzene rings is 1. The number of amides is 2. The molecule has 3 aliphatic rings. The summed E-state index contributed by atoms with van der Waals surface area (Å²) in [5.41, 5.74) is 1.55. The van der Waals surface area contributed by atoms with Crippen molar-refractivity contribution in [3.63, 3.8) is 0 Å². The number of fused-ring (bicyclic) bond motifs is 1. The quantitative estimate of drug-likeness (QED) is 0.202. The van der Waals surface area contributed by atoms with E-state index in [9.17, 15) is 14.4 Å². The van der Waals surface area contributed by atoms with Gasteiger partial charge in [0.25, 0.3) is 0 Å². The van der Waals surface area contributed by atoms with Gasteiger partial charge in [0.2, 0.25) is 17.8 Å². The van der Waals surface area contributed by atoms with Crippen LogP contribution in [0.1, 0.15) is 116 Å². The van der Waals surface area contributed by atoms with Crippen LogP contribution in [0.2, 0.25) is 0 Å². The highest BCUT2D eigenvalue weighted by Crippen LogP contribution is 2.31. The molecule has 0 radical (unpaired) electrons. The molecule has 44 heavy (non-hydrogen) atoms. The predicted octanol–water partition coefficient (Wildman–Crippen LogP) is 6.51. The van der Waals surface area contributed by atoms with Gasteiger partial charge in [-0.15, -0.1) is 0 Å². The second-order valence-electron chi connectivity index (χ2n) is 13.8. The maximum absolute atomic E-state index is 13.0. The number of nitrogens with zero attached hydrogens (tertiary/aromatic N) is 3. The zero-order chi connectivity index (χ0) is 31.5. The molecule has 2 aliphatic carbocycles. The summed E-state index contributed by atoms with van der Waals surface area (Å²) >= 11 is 0. The number of carbonyl (C=O) groups is 3. The van der Waals surface area contributed by atoms with Crippen molar-refractivity contribution in [2.75, 3.05) is 26.8 Å². The van der Waals surface area contributed by atoms with Crippen LogP contribution in [-0.2, 0) is 25.7 Å². The number of hydrogen-bond donors (Lipinski definition) is 1. The molecule has 1 N–H and O–H groups in total. The van der Waals surface area contributed by atoms with Gasteiger partial charge in [-0.2, -0.15) is 0 Å². The molecule has 0 spiro atoms. The monoisotopic (exact) mass is 610 g/mol. The van der Waals surface area contributed by atoms with Crippen LogP contribution in [0.5, 0.6) is 5.75 Å². The minimum Gasteiger partial charge on any atom is -0.494 e. The average Bonchev–Trinajstić information content (AvgIpc) is 3.03. The minimum atomic E-state index is -0.348. The van der Waals surface area contributed by atoms with Gasteiger partial charge in [0.05, 0.1) is 18.9 Å². The molecule has 0 bridgehead atoms. The second kappa shape index (κ2) is 16.3. The topological polar surface area (TPSA) is 101 Å². The third-order valence-corrected chi connectivity index (χ3v) is 9.61. The summed E-state index contributed by atoms with van der Waals surface area (Å²) in [5, 5.41) is 3.01. The molecule has 0 unspecified atom stereocenters. The molecule has 2 saturated carbocycles. The van der Waals surface area contributed by atoms with Gasteiger partial charge in [0.15, 0.2) is 0 Å². The number of guanidine groups is 1. The van der Waals surface area contributed by atoms with Gasteiger partial charge in [-0.1, -0.05) is 59.3 Å². The van der Waals surface area contributed by atoms with Gasteiger partial charge in [-0.25, -0.2) is 4.99 Å². The van der Waals surface area contributed by atoms with Crippen LogP contribution >= 0.6 is 0 Å². The van der Waals surface area contributed by atoms with E-state index in [1.54, 1.807) is 4.90 Å². The van der Waals surface area contributed by atoms with E-state index in [-0.39, 0.29) is 29.7 Å². The first-order chi connectivity index (χ1) is 21.1. The Labute approximate surface area is 264 Å². The highest BCUT2D eigenvalue weighted by atomic mass is 16.5. The average molecular weight is 611 g/mol. The zero-order valence-corrected chi connectivity index (χ0v) is 27.5. The summed E-state index contributed by atoms with van der Waals surface area (Å²) in [6, 6.07) is 6.07. The largest absolute Gasteiger partial charge is 0.494 e. The third kappa shape index (κ3) is 10.2. The Balaban J connectivity index is 1.36. The molecule has 0 saturated heterocycles. The van der Waals surface area contributed by atoms with Crippen LogP contribution in [0.4, 0.5) is 5.69 Å². The van der Waals surface area contributed by atoms with E-state index in [1.165, 1.54) is 38.5 Å². The molecule has 244 valence electrons. The van der Waals surface area contributed by atoms with E-state index < -0.39 is 0 Å². The van der Waals surface area contributed by atoms with E-state index in [0.717, 1.165) is 43.4 Å². The summed E-state index contributed by atoms with van der Waals surface area (Å²) in [7, 11) is 1.93. The zero-order valence-electron chi connectivity index (χ0n) is 27.5. The summed E-state index contributed by atoms with van der Waals surface area (Å²) in [5.74, 6) is 1.26. The lowest BCUT2D eigenvalue weighted by Gasteiger charge is -2.31. The van der Waals surface area contributed by atoms with Crippen molar-refractivity contribution < 1.29 is 23.9 Å². The van der Waals surface area contributed by atoms with Crippen molar-refractivity contribution in [2.24, 2.45) is 16.3 Å². The van der Waals surface area contributed by atoms with Gasteiger partial charge < -0.3 is 19.3 Å². The number of ether oxygens (including phenoxy) is 2. The Morgan fingerprint density at radius 1 is 1.05 bits per heavy atom. The van der Waals surface area contributed by atoms with E-state index in [2.05, 4.69) is 26.1 Å². The van der Waals surface area contributed by atoms with Crippen molar-refractivity contribution in [1.82, 2.24) is 15.1 Å². The van der Waals surface area contributed by atoms with Crippen molar-refractivity contribution in [3.8, 4) is 5.75 Å². The normalized spacial score (nSPS) is 17.8. The Morgan fingerprint density at radius 2 is 1.75 bits per heavy atom. The van der Waals surface area contributed by atoms with Crippen molar-refractivity contribution in [2.45, 2.75) is 123 Å². The first-order valence-corrected chi connectivity index (χ1v) is 16.9. The van der Waals surface area contributed by atoms with Crippen LogP contribution in [0, 0.1) is 11.3 Å². The number of rotatable bonds is 13. The Hall–Kier alpha value is -3.10. The van der Waals surface area contributed by atoms with Crippen LogP contribution in [-0.4, -0.2) is 66.4 Å². The van der Waals surface area contributed by atoms with E-state index in [0.29, 0.717) is 62.7 Å². The van der Waals surface area contributed by atoms with Crippen LogP contribution < -0.4 is 10.1 Å². The first-order valence-electron chi connectivity index (χ1n) is 16.9. The van der Waals surface area contributed by atoms with Crippen molar-refractivity contribution in [1.29, 1.82) is 0 Å². The van der Waals surface area contributed by atoms with Crippen LogP contribution in [0.3, 0.4) is 0 Å². The first kappa shape index (κ1) is 33.8. The number of carbonyl (C=O) groups excluding carboxylic acids is 3. The van der Waals surface area contributed by atoms with Gasteiger partial charge in [-0.05, 0) is 68.1 Å². The number of esters is 1. The predicted molar refractivity (Wildman–Crippen MR) is 173 cm³/mol. The fraction of sp³-hybridized carbons (Fsp3) is 0.714. The second-order valence-corrected chi connectivity index (χ2v) is 13.8. The standard InChI is InChI=1S/C35H54N4O5/c1-5-35(2,3)25-44-33(42)24-39-23-27-22-29(43-20-12-17-32(41)38(4)28-15-10-7-11-16-28)18-19-30(27)36-34(39)37-31(40)21-26-13-8-6-9-14-26/h18-19,22,26,28H,5-17,20-21,23-25H2,1-4H3,(H,36,37,40). The lowest BCUT2D eigenvalue weighted by molar-refractivity contribution is -0.147. The van der Waals surface area contributed by atoms with E-state index in [1.807, 2.05) is 30.1 Å². The summed E-state index contributed by atoms with van der Waals surface area (Å²) in [4.78, 5) is 47.1. The number of nitrogens with one attached hydrogen (secondary N) is 1. The summed E-state index contributed by atoms with van der Waals surface area (Å²) < 4.78 is 11.7. The Kier molecular flexibility index (Phi) is 12.5. The van der Waals surface area contributed by atoms with Crippen LogP contribution in [0.25, 0.3) is 0 Å². The van der Waals surface area contributed by atoms with E-state index in [4.69, 9.17) is 14.5 Å². The summed E-state index contributed by atoms with van der Waals surface area (Å²) in [6.07, 6.45) is 14.1. The van der Waals surface area contributed by atoms with E-state index >= 15 is 0 Å². The Bertz CT molecular complexity index is 1150. The number of hydrogen-bond acceptors (Lipinski definition) is 7. The molecule has 2 fully saturated rings. The lowest BCUT2D eigenvalue weighted by Crippen LogP contribution is -2.47. The highest BCUT2D eigenvalue weighted by Gasteiger charge is 2.27. The molecule has 1 aromatic rings. The smallest absolute Gasteiger partial charge is 0.325 e.